The number of carbonyl (C=O) groups is 1. The molecule has 20 heavy (non-hydrogen) atoms. The fourth-order valence-electron chi connectivity index (χ4n) is 1.57. The van der Waals surface area contributed by atoms with Crippen LogP contribution in [0.15, 0.2) is 42.6 Å². The molecule has 2 rings (SSSR count). The van der Waals surface area contributed by atoms with Crippen LogP contribution in [0.4, 0.5) is 0 Å². The highest BCUT2D eigenvalue weighted by Gasteiger charge is 2.15. The van der Waals surface area contributed by atoms with E-state index < -0.39 is 5.54 Å². The normalized spacial score (nSPS) is 10.8. The van der Waals surface area contributed by atoms with Gasteiger partial charge in [-0.2, -0.15) is 5.10 Å². The molecule has 0 bridgehead atoms. The van der Waals surface area contributed by atoms with Crippen LogP contribution in [0.3, 0.4) is 0 Å². The number of benzene rings is 1. The van der Waals surface area contributed by atoms with E-state index in [2.05, 4.69) is 10.4 Å². The van der Waals surface area contributed by atoms with Crippen LogP contribution in [0.2, 0.25) is 0 Å². The van der Waals surface area contributed by atoms with Crippen molar-refractivity contribution < 1.29 is 4.79 Å². The van der Waals surface area contributed by atoms with E-state index in [4.69, 9.17) is 5.73 Å². The number of hydrogen-bond acceptors (Lipinski definition) is 3. The van der Waals surface area contributed by atoms with Crippen molar-refractivity contribution in [2.24, 2.45) is 5.73 Å². The topological polar surface area (TPSA) is 72.9 Å². The minimum Gasteiger partial charge on any atom is -0.349 e. The van der Waals surface area contributed by atoms with Gasteiger partial charge in [-0.05, 0) is 32.0 Å². The number of carbonyl (C=O) groups excluding carboxylic acids is 1. The number of halogens is 1. The van der Waals surface area contributed by atoms with Crippen molar-refractivity contribution >= 4 is 18.3 Å². The molecule has 6 heteroatoms. The Morgan fingerprint density at radius 2 is 1.95 bits per heavy atom. The summed E-state index contributed by atoms with van der Waals surface area (Å²) in [5, 5.41) is 7.01. The van der Waals surface area contributed by atoms with Gasteiger partial charge in [0.2, 0.25) is 0 Å². The van der Waals surface area contributed by atoms with E-state index in [1.165, 1.54) is 0 Å². The van der Waals surface area contributed by atoms with Gasteiger partial charge >= 0.3 is 0 Å². The fraction of sp³-hybridized carbons (Fsp3) is 0.286. The van der Waals surface area contributed by atoms with Gasteiger partial charge in [-0.1, -0.05) is 18.2 Å². The first-order valence-corrected chi connectivity index (χ1v) is 6.14. The summed E-state index contributed by atoms with van der Waals surface area (Å²) >= 11 is 0. The second kappa shape index (κ2) is 6.54. The Morgan fingerprint density at radius 1 is 1.30 bits per heavy atom. The molecule has 2 aromatic rings. The van der Waals surface area contributed by atoms with Crippen molar-refractivity contribution in [3.8, 4) is 5.69 Å². The standard InChI is InChI=1S/C14H18N4O.ClH/c1-14(2,15)10-16-13(19)12-8-9-18(17-12)11-6-4-3-5-7-11;/h3-9H,10,15H2,1-2H3,(H,16,19);1H. The van der Waals surface area contributed by atoms with E-state index >= 15 is 0 Å². The van der Waals surface area contributed by atoms with E-state index in [1.54, 1.807) is 16.9 Å². The Labute approximate surface area is 124 Å². The lowest BCUT2D eigenvalue weighted by atomic mass is 10.1. The summed E-state index contributed by atoms with van der Waals surface area (Å²) in [5.74, 6) is -0.215. The van der Waals surface area contributed by atoms with Crippen molar-refractivity contribution in [3.63, 3.8) is 0 Å². The molecule has 0 unspecified atom stereocenters. The first kappa shape index (κ1) is 16.2. The van der Waals surface area contributed by atoms with Gasteiger partial charge in [0.15, 0.2) is 5.69 Å². The molecule has 0 saturated heterocycles. The predicted octanol–water partition coefficient (Wildman–Crippen LogP) is 1.76. The van der Waals surface area contributed by atoms with Crippen molar-refractivity contribution in [2.75, 3.05) is 6.54 Å². The lowest BCUT2D eigenvalue weighted by Crippen LogP contribution is -2.45. The van der Waals surface area contributed by atoms with Gasteiger partial charge < -0.3 is 11.1 Å². The van der Waals surface area contributed by atoms with Gasteiger partial charge in [0.1, 0.15) is 0 Å². The largest absolute Gasteiger partial charge is 0.349 e. The molecule has 0 spiro atoms. The molecule has 0 radical (unpaired) electrons. The molecular formula is C14H19ClN4O. The van der Waals surface area contributed by atoms with E-state index in [9.17, 15) is 4.79 Å². The molecule has 3 N–H and O–H groups in total. The highest BCUT2D eigenvalue weighted by Crippen LogP contribution is 2.06. The van der Waals surface area contributed by atoms with Crippen LogP contribution in [0.25, 0.3) is 5.69 Å². The maximum absolute atomic E-state index is 11.9. The smallest absolute Gasteiger partial charge is 0.271 e. The van der Waals surface area contributed by atoms with Gasteiger partial charge in [-0.25, -0.2) is 4.68 Å². The van der Waals surface area contributed by atoms with Gasteiger partial charge in [-0.3, -0.25) is 4.79 Å². The number of nitrogens with zero attached hydrogens (tertiary/aromatic N) is 2. The third-order valence-corrected chi connectivity index (χ3v) is 2.55. The average molecular weight is 295 g/mol. The van der Waals surface area contributed by atoms with Crippen molar-refractivity contribution in [2.45, 2.75) is 19.4 Å². The van der Waals surface area contributed by atoms with Crippen LogP contribution >= 0.6 is 12.4 Å². The zero-order chi connectivity index (χ0) is 13.9. The number of amides is 1. The average Bonchev–Trinajstić information content (AvgIpc) is 2.86. The molecule has 1 aromatic carbocycles. The molecule has 0 aliphatic rings. The summed E-state index contributed by atoms with van der Waals surface area (Å²) in [6, 6.07) is 11.3. The highest BCUT2D eigenvalue weighted by atomic mass is 35.5. The lowest BCUT2D eigenvalue weighted by molar-refractivity contribution is 0.0940. The molecule has 0 aliphatic heterocycles. The number of nitrogens with one attached hydrogen (secondary N) is 1. The van der Waals surface area contributed by atoms with Gasteiger partial charge in [0, 0.05) is 18.3 Å². The molecule has 1 aromatic heterocycles. The Balaban J connectivity index is 0.00000200. The molecule has 0 atom stereocenters. The van der Waals surface area contributed by atoms with Crippen molar-refractivity contribution in [1.29, 1.82) is 0 Å². The SMILES string of the molecule is CC(C)(N)CNC(=O)c1ccn(-c2ccccc2)n1.Cl. The summed E-state index contributed by atoms with van der Waals surface area (Å²) in [4.78, 5) is 11.9. The quantitative estimate of drug-likeness (QED) is 0.902. The maximum atomic E-state index is 11.9. The van der Waals surface area contributed by atoms with E-state index in [0.717, 1.165) is 5.69 Å². The van der Waals surface area contributed by atoms with Crippen LogP contribution in [0.5, 0.6) is 0 Å². The first-order chi connectivity index (χ1) is 8.96. The third-order valence-electron chi connectivity index (χ3n) is 2.55. The molecule has 1 heterocycles. The molecule has 0 aliphatic carbocycles. The molecule has 0 fully saturated rings. The highest BCUT2D eigenvalue weighted by molar-refractivity contribution is 5.92. The Kier molecular flexibility index (Phi) is 5.30. The number of rotatable bonds is 4. The van der Waals surface area contributed by atoms with Gasteiger partial charge in [-0.15, -0.1) is 12.4 Å². The summed E-state index contributed by atoms with van der Waals surface area (Å²) in [6.07, 6.45) is 1.76. The monoisotopic (exact) mass is 294 g/mol. The Hall–Kier alpha value is -1.85. The number of aromatic nitrogens is 2. The predicted molar refractivity (Wildman–Crippen MR) is 81.4 cm³/mol. The van der Waals surface area contributed by atoms with Crippen LogP contribution in [0, 0.1) is 0 Å². The van der Waals surface area contributed by atoms with Crippen molar-refractivity contribution in [1.82, 2.24) is 15.1 Å². The summed E-state index contributed by atoms with van der Waals surface area (Å²) in [6.45, 7) is 4.12. The number of hydrogen-bond donors (Lipinski definition) is 2. The minimum atomic E-state index is -0.433. The van der Waals surface area contributed by atoms with E-state index in [0.29, 0.717) is 12.2 Å². The number of nitrogens with two attached hydrogens (primary N) is 1. The van der Waals surface area contributed by atoms with Crippen LogP contribution in [-0.2, 0) is 0 Å². The minimum absolute atomic E-state index is 0. The molecular weight excluding hydrogens is 276 g/mol. The van der Waals surface area contributed by atoms with Crippen molar-refractivity contribution in [3.05, 3.63) is 48.3 Å². The molecule has 1 amide bonds. The zero-order valence-corrected chi connectivity index (χ0v) is 12.4. The first-order valence-electron chi connectivity index (χ1n) is 6.14. The van der Waals surface area contributed by atoms with E-state index in [-0.39, 0.29) is 18.3 Å². The maximum Gasteiger partial charge on any atom is 0.271 e. The second-order valence-corrected chi connectivity index (χ2v) is 5.15. The molecule has 108 valence electrons. The number of para-hydroxylation sites is 1. The van der Waals surface area contributed by atoms with Crippen LogP contribution in [0.1, 0.15) is 24.3 Å². The van der Waals surface area contributed by atoms with Gasteiger partial charge in [0.25, 0.3) is 5.91 Å². The zero-order valence-electron chi connectivity index (χ0n) is 11.5. The van der Waals surface area contributed by atoms with Gasteiger partial charge in [0.05, 0.1) is 5.69 Å². The summed E-state index contributed by atoms with van der Waals surface area (Å²) in [5.41, 5.74) is 6.68. The lowest BCUT2D eigenvalue weighted by Gasteiger charge is -2.18. The van der Waals surface area contributed by atoms with Crippen LogP contribution < -0.4 is 11.1 Å². The Morgan fingerprint density at radius 3 is 2.55 bits per heavy atom. The Bertz CT molecular complexity index is 560. The van der Waals surface area contributed by atoms with E-state index in [1.807, 2.05) is 44.2 Å². The summed E-state index contributed by atoms with van der Waals surface area (Å²) < 4.78 is 1.67. The van der Waals surface area contributed by atoms with Crippen LogP contribution in [-0.4, -0.2) is 27.8 Å². The molecule has 5 nitrogen and oxygen atoms in total. The molecule has 0 saturated carbocycles. The summed E-state index contributed by atoms with van der Waals surface area (Å²) in [7, 11) is 0. The fourth-order valence-corrected chi connectivity index (χ4v) is 1.57. The third kappa shape index (κ3) is 4.36. The second-order valence-electron chi connectivity index (χ2n) is 5.15.